The van der Waals surface area contributed by atoms with E-state index < -0.39 is 4.92 Å². The summed E-state index contributed by atoms with van der Waals surface area (Å²) in [6.45, 7) is 6.07. The second-order valence-corrected chi connectivity index (χ2v) is 5.14. The molecule has 5 nitrogen and oxygen atoms in total. The van der Waals surface area contributed by atoms with Crippen molar-refractivity contribution in [1.29, 1.82) is 0 Å². The maximum atomic E-state index is 10.5. The Bertz CT molecular complexity index is 429. The zero-order chi connectivity index (χ0) is 13.5. The van der Waals surface area contributed by atoms with Crippen molar-refractivity contribution >= 4 is 28.3 Å². The van der Waals surface area contributed by atoms with E-state index >= 15 is 0 Å². The Labute approximate surface area is 111 Å². The molecular formula is C12H17N3O2S. The van der Waals surface area contributed by atoms with E-state index in [4.69, 9.17) is 0 Å². The van der Waals surface area contributed by atoms with Gasteiger partial charge in [0, 0.05) is 23.9 Å². The van der Waals surface area contributed by atoms with Crippen molar-refractivity contribution in [1.82, 2.24) is 0 Å². The summed E-state index contributed by atoms with van der Waals surface area (Å²) in [6.07, 6.45) is 0. The van der Waals surface area contributed by atoms with Gasteiger partial charge in [0.1, 0.15) is 0 Å². The summed E-state index contributed by atoms with van der Waals surface area (Å²) >= 11 is 1.62. The number of nitro benzene ring substituents is 1. The quantitative estimate of drug-likeness (QED) is 0.392. The molecule has 98 valence electrons. The Kier molecular flexibility index (Phi) is 5.64. The van der Waals surface area contributed by atoms with Crippen LogP contribution >= 0.6 is 11.8 Å². The lowest BCUT2D eigenvalue weighted by atomic mass is 10.3. The van der Waals surface area contributed by atoms with Crippen molar-refractivity contribution in [3.8, 4) is 0 Å². The van der Waals surface area contributed by atoms with Gasteiger partial charge in [0.2, 0.25) is 0 Å². The fraction of sp³-hybridized carbons (Fsp3) is 0.417. The summed E-state index contributed by atoms with van der Waals surface area (Å²) < 4.78 is 0. The topological polar surface area (TPSA) is 67.5 Å². The molecule has 18 heavy (non-hydrogen) atoms. The Balaban J connectivity index is 2.78. The van der Waals surface area contributed by atoms with Crippen LogP contribution in [0.4, 0.5) is 11.4 Å². The molecule has 0 aromatic heterocycles. The molecule has 0 unspecified atom stereocenters. The van der Waals surface area contributed by atoms with Crippen LogP contribution in [0.3, 0.4) is 0 Å². The van der Waals surface area contributed by atoms with Crippen LogP contribution in [0.5, 0.6) is 0 Å². The van der Waals surface area contributed by atoms with E-state index in [1.807, 2.05) is 13.8 Å². The van der Waals surface area contributed by atoms with E-state index in [1.165, 1.54) is 12.1 Å². The molecule has 0 aliphatic carbocycles. The molecule has 1 N–H and O–H groups in total. The first-order valence-corrected chi connectivity index (χ1v) is 6.73. The highest BCUT2D eigenvalue weighted by Crippen LogP contribution is 2.17. The van der Waals surface area contributed by atoms with E-state index in [9.17, 15) is 10.1 Å². The monoisotopic (exact) mass is 267 g/mol. The molecule has 0 fully saturated rings. The first-order chi connectivity index (χ1) is 8.52. The van der Waals surface area contributed by atoms with Gasteiger partial charge in [0.25, 0.3) is 5.69 Å². The van der Waals surface area contributed by atoms with Gasteiger partial charge >= 0.3 is 0 Å². The summed E-state index contributed by atoms with van der Waals surface area (Å²) in [4.78, 5) is 14.6. The summed E-state index contributed by atoms with van der Waals surface area (Å²) in [5.74, 6) is 0.922. The van der Waals surface area contributed by atoms with E-state index in [0.717, 1.165) is 16.6 Å². The fourth-order valence-corrected chi connectivity index (χ4v) is 2.02. The van der Waals surface area contributed by atoms with E-state index in [0.29, 0.717) is 0 Å². The van der Waals surface area contributed by atoms with Crippen LogP contribution in [-0.4, -0.2) is 21.9 Å². The first-order valence-electron chi connectivity index (χ1n) is 5.75. The number of non-ortho nitro benzene ring substituents is 1. The molecule has 1 aromatic carbocycles. The molecule has 0 aliphatic rings. The number of anilines is 1. The highest BCUT2D eigenvalue weighted by Gasteiger charge is 2.05. The van der Waals surface area contributed by atoms with Crippen LogP contribution < -0.4 is 5.32 Å². The van der Waals surface area contributed by atoms with Gasteiger partial charge in [-0.3, -0.25) is 15.1 Å². The molecule has 0 amide bonds. The van der Waals surface area contributed by atoms with Crippen LogP contribution in [0, 0.1) is 10.1 Å². The molecule has 0 atom stereocenters. The van der Waals surface area contributed by atoms with Crippen molar-refractivity contribution in [2.24, 2.45) is 4.99 Å². The molecule has 0 aliphatic heterocycles. The van der Waals surface area contributed by atoms with E-state index in [1.54, 1.807) is 23.9 Å². The number of nitrogens with zero attached hydrogens (tertiary/aromatic N) is 2. The maximum absolute atomic E-state index is 10.5. The lowest BCUT2D eigenvalue weighted by Gasteiger charge is -2.09. The van der Waals surface area contributed by atoms with Gasteiger partial charge in [-0.15, -0.1) is 0 Å². The summed E-state index contributed by atoms with van der Waals surface area (Å²) in [7, 11) is 0. The van der Waals surface area contributed by atoms with Gasteiger partial charge in [-0.05, 0) is 31.7 Å². The van der Waals surface area contributed by atoms with Gasteiger partial charge in [0.15, 0.2) is 5.17 Å². The zero-order valence-corrected chi connectivity index (χ0v) is 11.5. The Morgan fingerprint density at radius 1 is 1.44 bits per heavy atom. The number of aliphatic imine (C=N–C) groups is 1. The average Bonchev–Trinajstić information content (AvgIpc) is 2.29. The number of rotatable bonds is 4. The van der Waals surface area contributed by atoms with Crippen LogP contribution in [0.2, 0.25) is 0 Å². The van der Waals surface area contributed by atoms with Crippen molar-refractivity contribution in [2.45, 2.75) is 26.8 Å². The standard InChI is InChI=1S/C12H17N3O2S/c1-4-18-12(13-9(2)3)14-10-5-7-11(8-6-10)15(16)17/h5-9H,4H2,1-3H3,(H,13,14). The first kappa shape index (κ1) is 14.5. The van der Waals surface area contributed by atoms with Gasteiger partial charge in [0.05, 0.1) is 4.92 Å². The maximum Gasteiger partial charge on any atom is 0.269 e. The Hall–Kier alpha value is -1.56. The van der Waals surface area contributed by atoms with Crippen molar-refractivity contribution in [3.63, 3.8) is 0 Å². The molecule has 1 rings (SSSR count). The van der Waals surface area contributed by atoms with Gasteiger partial charge < -0.3 is 5.32 Å². The summed E-state index contributed by atoms with van der Waals surface area (Å²) in [6, 6.07) is 6.54. The number of thioether (sulfide) groups is 1. The number of nitro groups is 1. The molecule has 0 heterocycles. The van der Waals surface area contributed by atoms with E-state index in [2.05, 4.69) is 17.2 Å². The minimum Gasteiger partial charge on any atom is -0.335 e. The molecule has 0 saturated heterocycles. The molecule has 1 aromatic rings. The molecular weight excluding hydrogens is 250 g/mol. The molecule has 0 spiro atoms. The summed E-state index contributed by atoms with van der Waals surface area (Å²) in [5.41, 5.74) is 0.895. The highest BCUT2D eigenvalue weighted by molar-refractivity contribution is 8.14. The van der Waals surface area contributed by atoms with Crippen molar-refractivity contribution in [3.05, 3.63) is 34.4 Å². The minimum atomic E-state index is -0.409. The molecule has 0 radical (unpaired) electrons. The Morgan fingerprint density at radius 2 is 2.06 bits per heavy atom. The largest absolute Gasteiger partial charge is 0.335 e. The van der Waals surface area contributed by atoms with Crippen LogP contribution in [0.1, 0.15) is 20.8 Å². The third-order valence-electron chi connectivity index (χ3n) is 1.99. The number of hydrogen-bond acceptors (Lipinski definition) is 4. The normalized spacial score (nSPS) is 11.7. The van der Waals surface area contributed by atoms with E-state index in [-0.39, 0.29) is 11.7 Å². The molecule has 0 saturated carbocycles. The van der Waals surface area contributed by atoms with Gasteiger partial charge in [-0.1, -0.05) is 18.7 Å². The van der Waals surface area contributed by atoms with Crippen LogP contribution in [-0.2, 0) is 0 Å². The van der Waals surface area contributed by atoms with Gasteiger partial charge in [-0.2, -0.15) is 0 Å². The van der Waals surface area contributed by atoms with Crippen LogP contribution in [0.15, 0.2) is 29.3 Å². The second-order valence-electron chi connectivity index (χ2n) is 3.89. The smallest absolute Gasteiger partial charge is 0.269 e. The average molecular weight is 267 g/mol. The van der Waals surface area contributed by atoms with Crippen molar-refractivity contribution in [2.75, 3.05) is 11.1 Å². The van der Waals surface area contributed by atoms with Crippen LogP contribution in [0.25, 0.3) is 0 Å². The highest BCUT2D eigenvalue weighted by atomic mass is 32.2. The predicted molar refractivity (Wildman–Crippen MR) is 77.4 cm³/mol. The molecule has 6 heteroatoms. The lowest BCUT2D eigenvalue weighted by molar-refractivity contribution is -0.384. The lowest BCUT2D eigenvalue weighted by Crippen LogP contribution is -2.11. The van der Waals surface area contributed by atoms with Gasteiger partial charge in [-0.25, -0.2) is 0 Å². The summed E-state index contributed by atoms with van der Waals surface area (Å²) in [5, 5.41) is 14.5. The number of hydrogen-bond donors (Lipinski definition) is 1. The number of nitrogens with one attached hydrogen (secondary N) is 1. The predicted octanol–water partition coefficient (Wildman–Crippen LogP) is 3.52. The Morgan fingerprint density at radius 3 is 2.50 bits per heavy atom. The SMILES string of the molecule is CCSC(=NC(C)C)Nc1ccc([N+](=O)[O-])cc1. The van der Waals surface area contributed by atoms with Crippen molar-refractivity contribution < 1.29 is 4.92 Å². The minimum absolute atomic E-state index is 0.0889. The second kappa shape index (κ2) is 7.00. The number of amidine groups is 1. The third-order valence-corrected chi connectivity index (χ3v) is 2.76. The number of benzene rings is 1. The molecule has 0 bridgehead atoms. The third kappa shape index (κ3) is 4.75. The fourth-order valence-electron chi connectivity index (χ4n) is 1.27. The zero-order valence-electron chi connectivity index (χ0n) is 10.7.